The maximum Gasteiger partial charge on any atom is 0.283 e. The van der Waals surface area contributed by atoms with Crippen LogP contribution in [0.2, 0.25) is 0 Å². The summed E-state index contributed by atoms with van der Waals surface area (Å²) in [6, 6.07) is 13.7. The highest BCUT2D eigenvalue weighted by Gasteiger charge is 2.55. The zero-order chi connectivity index (χ0) is 22.9. The van der Waals surface area contributed by atoms with Crippen molar-refractivity contribution in [3.8, 4) is 0 Å². The van der Waals surface area contributed by atoms with Gasteiger partial charge in [-0.2, -0.15) is 15.1 Å². The van der Waals surface area contributed by atoms with E-state index in [0.29, 0.717) is 10.9 Å². The van der Waals surface area contributed by atoms with Crippen LogP contribution in [0.1, 0.15) is 44.3 Å². The zero-order valence-electron chi connectivity index (χ0n) is 18.6. The van der Waals surface area contributed by atoms with Crippen LogP contribution in [0, 0.1) is 28.6 Å². The summed E-state index contributed by atoms with van der Waals surface area (Å²) in [7, 11) is 0. The van der Waals surface area contributed by atoms with Gasteiger partial charge in [0, 0.05) is 10.3 Å². The molecule has 2 aliphatic heterocycles. The molecule has 0 radical (unpaired) electrons. The number of aliphatic imine (C=N–C) groups is 1. The molecule has 0 atom stereocenters. The van der Waals surface area contributed by atoms with E-state index in [0.717, 1.165) is 32.8 Å². The topological polar surface area (TPSA) is 82.0 Å². The van der Waals surface area contributed by atoms with Gasteiger partial charge < -0.3 is 4.42 Å². The molecule has 1 amide bonds. The van der Waals surface area contributed by atoms with Gasteiger partial charge in [0.15, 0.2) is 10.9 Å². The lowest BCUT2D eigenvalue weighted by Gasteiger charge is -2.56. The summed E-state index contributed by atoms with van der Waals surface area (Å²) in [5, 5.41) is 17.5. The predicted molar refractivity (Wildman–Crippen MR) is 135 cm³/mol. The van der Waals surface area contributed by atoms with Gasteiger partial charge >= 0.3 is 0 Å². The third kappa shape index (κ3) is 3.41. The summed E-state index contributed by atoms with van der Waals surface area (Å²) >= 11 is 3.03. The molecular weight excluding hydrogens is 464 g/mol. The van der Waals surface area contributed by atoms with Crippen LogP contribution in [-0.4, -0.2) is 27.0 Å². The molecule has 4 fully saturated rings. The number of nitrogens with one attached hydrogen (secondary N) is 1. The molecule has 6 aliphatic rings. The molecule has 4 aliphatic carbocycles. The quantitative estimate of drug-likeness (QED) is 0.513. The van der Waals surface area contributed by atoms with Crippen LogP contribution in [0.5, 0.6) is 0 Å². The highest BCUT2D eigenvalue weighted by Crippen LogP contribution is 2.62. The number of furan rings is 1. The Morgan fingerprint density at radius 1 is 1.06 bits per heavy atom. The molecule has 4 saturated carbocycles. The fourth-order valence-electron chi connectivity index (χ4n) is 6.79. The average Bonchev–Trinajstić information content (AvgIpc) is 3.44. The van der Waals surface area contributed by atoms with E-state index >= 15 is 0 Å². The second kappa shape index (κ2) is 7.71. The molecule has 1 aromatic heterocycles. The molecule has 8 rings (SSSR count). The maximum absolute atomic E-state index is 12.9. The molecule has 0 unspecified atom stereocenters. The summed E-state index contributed by atoms with van der Waals surface area (Å²) in [6.07, 6.45) is 9.33. The molecule has 172 valence electrons. The van der Waals surface area contributed by atoms with Crippen LogP contribution >= 0.6 is 23.5 Å². The Kier molecular flexibility index (Phi) is 4.71. The van der Waals surface area contributed by atoms with Gasteiger partial charge in [0.1, 0.15) is 10.8 Å². The van der Waals surface area contributed by atoms with Crippen LogP contribution in [0.25, 0.3) is 6.08 Å². The zero-order valence-corrected chi connectivity index (χ0v) is 20.2. The number of amidine groups is 2. The van der Waals surface area contributed by atoms with Gasteiger partial charge in [-0.1, -0.05) is 30.0 Å². The molecule has 34 heavy (non-hydrogen) atoms. The number of fused-ring (bicyclic) bond motifs is 1. The Labute approximate surface area is 206 Å². The van der Waals surface area contributed by atoms with Gasteiger partial charge in [0.2, 0.25) is 5.17 Å². The summed E-state index contributed by atoms with van der Waals surface area (Å²) in [5.74, 6) is 2.64. The van der Waals surface area contributed by atoms with Crippen molar-refractivity contribution < 1.29 is 9.21 Å². The minimum Gasteiger partial charge on any atom is -0.450 e. The summed E-state index contributed by atoms with van der Waals surface area (Å²) in [6.45, 7) is 0. The van der Waals surface area contributed by atoms with Crippen LogP contribution in [0.15, 0.2) is 72.5 Å². The van der Waals surface area contributed by atoms with Gasteiger partial charge in [-0.25, -0.2) is 0 Å². The number of hydrogen-bond acceptors (Lipinski definition) is 6. The molecule has 6 nitrogen and oxygen atoms in total. The van der Waals surface area contributed by atoms with Crippen LogP contribution < -0.4 is 0 Å². The number of carbonyl (C=O) groups is 1. The number of hydrogen-bond donors (Lipinski definition) is 1. The summed E-state index contributed by atoms with van der Waals surface area (Å²) < 4.78 is 5.91. The van der Waals surface area contributed by atoms with E-state index < -0.39 is 5.91 Å². The first-order chi connectivity index (χ1) is 16.5. The lowest BCUT2D eigenvalue weighted by molar-refractivity contribution is -0.114. The molecule has 1 aromatic carbocycles. The van der Waals surface area contributed by atoms with E-state index in [1.807, 2.05) is 42.5 Å². The van der Waals surface area contributed by atoms with E-state index in [4.69, 9.17) is 14.9 Å². The lowest BCUT2D eigenvalue weighted by Crippen LogP contribution is -2.49. The van der Waals surface area contributed by atoms with E-state index in [1.165, 1.54) is 62.0 Å². The molecule has 1 N–H and O–H groups in total. The van der Waals surface area contributed by atoms with E-state index in [2.05, 4.69) is 4.99 Å². The first-order valence-electron chi connectivity index (χ1n) is 11.9. The second-order valence-electron chi connectivity index (χ2n) is 10.2. The van der Waals surface area contributed by atoms with Crippen LogP contribution in [0.4, 0.5) is 0 Å². The number of carbonyl (C=O) groups excluding carboxylic acids is 1. The Morgan fingerprint density at radius 2 is 1.76 bits per heavy atom. The predicted octanol–water partition coefficient (Wildman–Crippen LogP) is 6.27. The molecule has 2 aromatic rings. The van der Waals surface area contributed by atoms with E-state index in [1.54, 1.807) is 11.1 Å². The van der Waals surface area contributed by atoms with Crippen LogP contribution in [0.3, 0.4) is 0 Å². The van der Waals surface area contributed by atoms with Crippen molar-refractivity contribution in [1.82, 2.24) is 5.01 Å². The van der Waals surface area contributed by atoms with Gasteiger partial charge in [0.25, 0.3) is 5.91 Å². The monoisotopic (exact) mass is 488 g/mol. The number of benzene rings is 1. The van der Waals surface area contributed by atoms with Gasteiger partial charge in [-0.15, -0.1) is 0 Å². The van der Waals surface area contributed by atoms with Crippen LogP contribution in [-0.2, 0) is 4.79 Å². The molecule has 0 saturated heterocycles. The Balaban J connectivity index is 1.15. The van der Waals surface area contributed by atoms with Crippen molar-refractivity contribution in [3.05, 3.63) is 53.8 Å². The minimum atomic E-state index is -0.403. The third-order valence-corrected chi connectivity index (χ3v) is 9.88. The normalized spacial score (nSPS) is 32.9. The summed E-state index contributed by atoms with van der Waals surface area (Å²) in [4.78, 5) is 18.3. The van der Waals surface area contributed by atoms with E-state index in [-0.39, 0.29) is 16.8 Å². The first kappa shape index (κ1) is 20.8. The van der Waals surface area contributed by atoms with Gasteiger partial charge in [-0.3, -0.25) is 10.2 Å². The van der Waals surface area contributed by atoms with Crippen molar-refractivity contribution in [3.63, 3.8) is 0 Å². The fourth-order valence-corrected chi connectivity index (χ4v) is 8.70. The lowest BCUT2D eigenvalue weighted by atomic mass is 9.50. The average molecular weight is 489 g/mol. The molecule has 0 spiro atoms. The SMILES string of the molecule is N=C1/C(=C\c2ccc(Sc3ccccc3)o2)C(=O)N=C2SC(C34CC5CC(CC(C5)C3)C4)=NN12. The fraction of sp³-hybridized carbons (Fsp3) is 0.385. The molecule has 4 bridgehead atoms. The highest BCUT2D eigenvalue weighted by atomic mass is 32.2. The Hall–Kier alpha value is -2.58. The first-order valence-corrected chi connectivity index (χ1v) is 13.5. The Morgan fingerprint density at radius 3 is 2.47 bits per heavy atom. The molecule has 3 heterocycles. The maximum atomic E-state index is 12.9. The van der Waals surface area contributed by atoms with Gasteiger partial charge in [0.05, 0.1) is 5.57 Å². The smallest absolute Gasteiger partial charge is 0.283 e. The molecule has 8 heteroatoms. The Bertz CT molecular complexity index is 1260. The molecular formula is C26H24N4O2S2. The largest absolute Gasteiger partial charge is 0.450 e. The van der Waals surface area contributed by atoms with Gasteiger partial charge in [-0.05, 0) is 98.4 Å². The van der Waals surface area contributed by atoms with Crippen molar-refractivity contribution in [2.75, 3.05) is 0 Å². The number of nitrogens with zero attached hydrogens (tertiary/aromatic N) is 3. The second-order valence-corrected chi connectivity index (χ2v) is 12.2. The summed E-state index contributed by atoms with van der Waals surface area (Å²) in [5.41, 5.74) is 0.335. The van der Waals surface area contributed by atoms with E-state index in [9.17, 15) is 4.79 Å². The highest BCUT2D eigenvalue weighted by molar-refractivity contribution is 8.27. The van der Waals surface area contributed by atoms with Crippen molar-refractivity contribution in [1.29, 1.82) is 5.41 Å². The van der Waals surface area contributed by atoms with Crippen molar-refractivity contribution in [2.45, 2.75) is 48.5 Å². The number of thioether (sulfide) groups is 1. The number of rotatable bonds is 4. The number of hydrazone groups is 1. The third-order valence-electron chi connectivity index (χ3n) is 7.80. The van der Waals surface area contributed by atoms with Crippen molar-refractivity contribution >= 4 is 51.6 Å². The standard InChI is InChI=1S/C26H24N4O2S2/c27-22-20(11-18-6-7-21(32-18)33-19-4-2-1-3-5-19)23(31)28-25-30(22)29-24(34-25)26-12-15-8-16(13-26)10-17(9-15)14-26/h1-7,11,15-17,27H,8-10,12-14H2/b20-11+,27-22?. The van der Waals surface area contributed by atoms with Crippen molar-refractivity contribution in [2.24, 2.45) is 33.3 Å². The number of amides is 1. The minimum absolute atomic E-state index is 0.0795.